The molecular formula is C22H17Cl3N2O2S. The van der Waals surface area contributed by atoms with Gasteiger partial charge >= 0.3 is 0 Å². The lowest BCUT2D eigenvalue weighted by Gasteiger charge is -2.13. The van der Waals surface area contributed by atoms with E-state index in [0.717, 1.165) is 4.90 Å². The van der Waals surface area contributed by atoms with E-state index in [4.69, 9.17) is 34.8 Å². The van der Waals surface area contributed by atoms with Crippen molar-refractivity contribution in [3.8, 4) is 0 Å². The van der Waals surface area contributed by atoms with Crippen molar-refractivity contribution in [1.29, 1.82) is 0 Å². The fourth-order valence-corrected chi connectivity index (χ4v) is 3.88. The number of anilines is 2. The van der Waals surface area contributed by atoms with Crippen molar-refractivity contribution in [3.05, 3.63) is 87.4 Å². The predicted octanol–water partition coefficient (Wildman–Crippen LogP) is 7.02. The minimum Gasteiger partial charge on any atom is -0.325 e. The number of halogens is 3. The maximum absolute atomic E-state index is 12.4. The number of carbonyl (C=O) groups excluding carboxylic acids is 2. The summed E-state index contributed by atoms with van der Waals surface area (Å²) in [6.45, 7) is 1.81. The Labute approximate surface area is 193 Å². The van der Waals surface area contributed by atoms with Gasteiger partial charge in [0.25, 0.3) is 5.91 Å². The first kappa shape index (κ1) is 22.5. The van der Waals surface area contributed by atoms with Crippen LogP contribution in [0, 0.1) is 0 Å². The summed E-state index contributed by atoms with van der Waals surface area (Å²) in [6.07, 6.45) is 0. The summed E-state index contributed by atoms with van der Waals surface area (Å²) in [5.41, 5.74) is 1.71. The van der Waals surface area contributed by atoms with Crippen molar-refractivity contribution in [2.45, 2.75) is 17.1 Å². The van der Waals surface area contributed by atoms with E-state index in [-0.39, 0.29) is 17.1 Å². The quantitative estimate of drug-likeness (QED) is 0.374. The fourth-order valence-electron chi connectivity index (χ4n) is 2.53. The molecule has 3 rings (SSSR count). The minimum atomic E-state index is -0.341. The average Bonchev–Trinajstić information content (AvgIpc) is 2.72. The van der Waals surface area contributed by atoms with E-state index in [1.54, 1.807) is 54.6 Å². The SMILES string of the molecule is CC(Sc1ccc(NC(=O)c2cccc(Cl)c2)cc1)C(=O)Nc1ccc(Cl)c(Cl)c1. The maximum atomic E-state index is 12.4. The molecule has 2 amide bonds. The normalized spacial score (nSPS) is 11.6. The second-order valence-electron chi connectivity index (χ2n) is 6.37. The van der Waals surface area contributed by atoms with Gasteiger partial charge in [-0.05, 0) is 67.6 Å². The van der Waals surface area contributed by atoms with Crippen LogP contribution in [0.3, 0.4) is 0 Å². The first-order chi connectivity index (χ1) is 14.3. The van der Waals surface area contributed by atoms with E-state index in [2.05, 4.69) is 10.6 Å². The molecule has 0 bridgehead atoms. The monoisotopic (exact) mass is 478 g/mol. The van der Waals surface area contributed by atoms with Crippen molar-refractivity contribution in [2.75, 3.05) is 10.6 Å². The molecule has 0 aliphatic carbocycles. The van der Waals surface area contributed by atoms with E-state index in [9.17, 15) is 9.59 Å². The van der Waals surface area contributed by atoms with Gasteiger partial charge in [0.15, 0.2) is 0 Å². The highest BCUT2D eigenvalue weighted by Gasteiger charge is 2.15. The number of benzene rings is 3. The zero-order valence-electron chi connectivity index (χ0n) is 15.8. The molecule has 0 saturated heterocycles. The van der Waals surface area contributed by atoms with Crippen molar-refractivity contribution < 1.29 is 9.59 Å². The fraction of sp³-hybridized carbons (Fsp3) is 0.0909. The molecule has 1 atom stereocenters. The third-order valence-corrected chi connectivity index (χ3v) is 6.15. The molecule has 4 nitrogen and oxygen atoms in total. The summed E-state index contributed by atoms with van der Waals surface area (Å²) in [5.74, 6) is -0.399. The molecule has 0 saturated carbocycles. The molecule has 8 heteroatoms. The number of hydrogen-bond acceptors (Lipinski definition) is 3. The molecule has 154 valence electrons. The van der Waals surface area contributed by atoms with Gasteiger partial charge in [0.2, 0.25) is 5.91 Å². The Kier molecular flexibility index (Phi) is 7.67. The third kappa shape index (κ3) is 6.16. The van der Waals surface area contributed by atoms with Crippen molar-refractivity contribution in [1.82, 2.24) is 0 Å². The van der Waals surface area contributed by atoms with Crippen molar-refractivity contribution in [3.63, 3.8) is 0 Å². The second kappa shape index (κ2) is 10.2. The number of thioether (sulfide) groups is 1. The van der Waals surface area contributed by atoms with Crippen LogP contribution >= 0.6 is 46.6 Å². The van der Waals surface area contributed by atoms with Crippen LogP contribution in [0.2, 0.25) is 15.1 Å². The van der Waals surface area contributed by atoms with E-state index < -0.39 is 0 Å². The molecule has 0 aliphatic rings. The first-order valence-corrected chi connectivity index (χ1v) is 10.9. The molecule has 3 aromatic carbocycles. The molecule has 2 N–H and O–H groups in total. The summed E-state index contributed by atoms with van der Waals surface area (Å²) in [4.78, 5) is 25.6. The second-order valence-corrected chi connectivity index (χ2v) is 9.03. The highest BCUT2D eigenvalue weighted by atomic mass is 35.5. The summed E-state index contributed by atoms with van der Waals surface area (Å²) in [5, 5.41) is 6.61. The van der Waals surface area contributed by atoms with Crippen LogP contribution < -0.4 is 10.6 Å². The molecule has 3 aromatic rings. The van der Waals surface area contributed by atoms with Gasteiger partial charge in [-0.3, -0.25) is 9.59 Å². The average molecular weight is 480 g/mol. The Balaban J connectivity index is 1.57. The maximum Gasteiger partial charge on any atom is 0.255 e. The molecule has 0 spiro atoms. The summed E-state index contributed by atoms with van der Waals surface area (Å²) >= 11 is 19.2. The summed E-state index contributed by atoms with van der Waals surface area (Å²) in [7, 11) is 0. The number of rotatable bonds is 6. The summed E-state index contributed by atoms with van der Waals surface area (Å²) in [6, 6.07) is 18.9. The topological polar surface area (TPSA) is 58.2 Å². The lowest BCUT2D eigenvalue weighted by atomic mass is 10.2. The zero-order chi connectivity index (χ0) is 21.7. The van der Waals surface area contributed by atoms with Gasteiger partial charge < -0.3 is 10.6 Å². The molecular weight excluding hydrogens is 463 g/mol. The highest BCUT2D eigenvalue weighted by molar-refractivity contribution is 8.00. The predicted molar refractivity (Wildman–Crippen MR) is 126 cm³/mol. The van der Waals surface area contributed by atoms with Crippen molar-refractivity contribution >= 4 is 69.8 Å². The number of hydrogen-bond donors (Lipinski definition) is 2. The summed E-state index contributed by atoms with van der Waals surface area (Å²) < 4.78 is 0. The molecule has 30 heavy (non-hydrogen) atoms. The Morgan fingerprint density at radius 3 is 2.20 bits per heavy atom. The third-order valence-electron chi connectivity index (χ3n) is 4.07. The Hall–Kier alpha value is -2.18. The molecule has 0 aromatic heterocycles. The molecule has 0 fully saturated rings. The first-order valence-electron chi connectivity index (χ1n) is 8.91. The molecule has 0 radical (unpaired) electrons. The number of amides is 2. The number of carbonyl (C=O) groups is 2. The van der Waals surface area contributed by atoms with Gasteiger partial charge in [-0.2, -0.15) is 0 Å². The minimum absolute atomic E-state index is 0.156. The number of nitrogens with one attached hydrogen (secondary N) is 2. The molecule has 0 aliphatic heterocycles. The Morgan fingerprint density at radius 2 is 1.53 bits per heavy atom. The van der Waals surface area contributed by atoms with Crippen molar-refractivity contribution in [2.24, 2.45) is 0 Å². The van der Waals surface area contributed by atoms with Crippen LogP contribution in [-0.4, -0.2) is 17.1 Å². The van der Waals surface area contributed by atoms with Gasteiger partial charge in [0.1, 0.15) is 0 Å². The Bertz CT molecular complexity index is 1070. The van der Waals surface area contributed by atoms with Gasteiger partial charge in [-0.1, -0.05) is 40.9 Å². The van der Waals surface area contributed by atoms with Crippen LogP contribution in [-0.2, 0) is 4.79 Å². The van der Waals surface area contributed by atoms with Crippen LogP contribution in [0.25, 0.3) is 0 Å². The van der Waals surface area contributed by atoms with Gasteiger partial charge in [0, 0.05) is 26.9 Å². The van der Waals surface area contributed by atoms with Gasteiger partial charge in [0.05, 0.1) is 15.3 Å². The highest BCUT2D eigenvalue weighted by Crippen LogP contribution is 2.28. The van der Waals surface area contributed by atoms with Gasteiger partial charge in [-0.15, -0.1) is 11.8 Å². The van der Waals surface area contributed by atoms with E-state index in [0.29, 0.717) is 32.0 Å². The lowest BCUT2D eigenvalue weighted by Crippen LogP contribution is -2.22. The van der Waals surface area contributed by atoms with Crippen LogP contribution in [0.4, 0.5) is 11.4 Å². The van der Waals surface area contributed by atoms with E-state index in [1.165, 1.54) is 11.8 Å². The van der Waals surface area contributed by atoms with E-state index >= 15 is 0 Å². The van der Waals surface area contributed by atoms with Gasteiger partial charge in [-0.25, -0.2) is 0 Å². The van der Waals surface area contributed by atoms with Crippen LogP contribution in [0.5, 0.6) is 0 Å². The standard InChI is InChI=1S/C22H17Cl3N2O2S/c1-13(21(28)27-17-7-10-19(24)20(25)12-17)30-18-8-5-16(6-9-18)26-22(29)14-3-2-4-15(23)11-14/h2-13H,1H3,(H,26,29)(H,27,28). The van der Waals surface area contributed by atoms with Crippen LogP contribution in [0.15, 0.2) is 71.6 Å². The largest absolute Gasteiger partial charge is 0.325 e. The van der Waals surface area contributed by atoms with Crippen LogP contribution in [0.1, 0.15) is 17.3 Å². The smallest absolute Gasteiger partial charge is 0.255 e. The molecule has 0 heterocycles. The molecule has 1 unspecified atom stereocenters. The zero-order valence-corrected chi connectivity index (χ0v) is 18.9. The lowest BCUT2D eigenvalue weighted by molar-refractivity contribution is -0.115. The van der Waals surface area contributed by atoms with E-state index in [1.807, 2.05) is 19.1 Å². The Morgan fingerprint density at radius 1 is 0.833 bits per heavy atom.